The standard InChI is InChI=1S/2C12H18N2O.3C2H2O4/c2*15-12-6-5-11-14(12)10-4-3-9-13-7-1-2-8-13;3*3-1(4)2(5)6/h2*1-2,5-11H2;3*(H,3,4)(H,5,6). The number of amides is 2. The molecule has 0 aromatic carbocycles. The lowest BCUT2D eigenvalue weighted by atomic mass is 10.4. The van der Waals surface area contributed by atoms with Gasteiger partial charge in [-0.15, -0.1) is 0 Å². The third-order valence-corrected chi connectivity index (χ3v) is 6.68. The fourth-order valence-corrected chi connectivity index (χ4v) is 4.26. The van der Waals surface area contributed by atoms with E-state index < -0.39 is 35.8 Å². The van der Waals surface area contributed by atoms with Gasteiger partial charge in [-0.1, -0.05) is 23.7 Å². The van der Waals surface area contributed by atoms with Gasteiger partial charge in [-0.3, -0.25) is 19.4 Å². The third-order valence-electron chi connectivity index (χ3n) is 6.68. The Kier molecular flexibility index (Phi) is 22.3. The predicted molar refractivity (Wildman–Crippen MR) is 164 cm³/mol. The largest absolute Gasteiger partial charge is 0.473 e. The molecule has 4 heterocycles. The monoisotopic (exact) mass is 682 g/mol. The summed E-state index contributed by atoms with van der Waals surface area (Å²) < 4.78 is 0. The molecule has 266 valence electrons. The molecule has 0 atom stereocenters. The molecule has 48 heavy (non-hydrogen) atoms. The van der Waals surface area contributed by atoms with Gasteiger partial charge in [0.15, 0.2) is 0 Å². The number of carbonyl (C=O) groups is 8. The van der Waals surface area contributed by atoms with Crippen LogP contribution in [0.15, 0.2) is 0 Å². The number of likely N-dealkylation sites (tertiary alicyclic amines) is 4. The zero-order valence-corrected chi connectivity index (χ0v) is 26.5. The second kappa shape index (κ2) is 25.0. The van der Waals surface area contributed by atoms with Crippen molar-refractivity contribution >= 4 is 47.6 Å². The molecule has 0 aromatic heterocycles. The Morgan fingerprint density at radius 3 is 0.875 bits per heavy atom. The van der Waals surface area contributed by atoms with E-state index in [-0.39, 0.29) is 11.8 Å². The first kappa shape index (κ1) is 42.8. The molecule has 2 amide bonds. The average Bonchev–Trinajstić information content (AvgIpc) is 3.86. The van der Waals surface area contributed by atoms with Crippen LogP contribution in [0.4, 0.5) is 0 Å². The lowest BCUT2D eigenvalue weighted by Crippen LogP contribution is -2.25. The maximum absolute atomic E-state index is 11.3. The molecular weight excluding hydrogens is 640 g/mol. The smallest absolute Gasteiger partial charge is 0.414 e. The average molecular weight is 683 g/mol. The van der Waals surface area contributed by atoms with Gasteiger partial charge >= 0.3 is 35.8 Å². The highest BCUT2D eigenvalue weighted by molar-refractivity contribution is 6.28. The highest BCUT2D eigenvalue weighted by Crippen LogP contribution is 2.09. The molecule has 4 saturated heterocycles. The Morgan fingerprint density at radius 2 is 0.667 bits per heavy atom. The van der Waals surface area contributed by atoms with Crippen LogP contribution in [-0.4, -0.2) is 163 Å². The van der Waals surface area contributed by atoms with Gasteiger partial charge in [-0.2, -0.15) is 0 Å². The second-order valence-electron chi connectivity index (χ2n) is 10.3. The highest BCUT2D eigenvalue weighted by atomic mass is 16.5. The van der Waals surface area contributed by atoms with Gasteiger partial charge in [0.2, 0.25) is 11.8 Å². The zero-order valence-electron chi connectivity index (χ0n) is 26.5. The summed E-state index contributed by atoms with van der Waals surface area (Å²) in [6.45, 7) is 9.58. The van der Waals surface area contributed by atoms with E-state index in [9.17, 15) is 9.59 Å². The molecule has 18 heteroatoms. The number of rotatable bonds is 4. The summed E-state index contributed by atoms with van der Waals surface area (Å²) >= 11 is 0. The van der Waals surface area contributed by atoms with Crippen LogP contribution in [0.2, 0.25) is 0 Å². The molecule has 4 rings (SSSR count). The number of carboxylic acids is 6. The molecule has 18 nitrogen and oxygen atoms in total. The van der Waals surface area contributed by atoms with Gasteiger partial charge in [0.1, 0.15) is 0 Å². The van der Waals surface area contributed by atoms with Crippen LogP contribution < -0.4 is 0 Å². The first-order valence-corrected chi connectivity index (χ1v) is 15.0. The molecule has 0 unspecified atom stereocenters. The van der Waals surface area contributed by atoms with Crippen LogP contribution in [0.5, 0.6) is 0 Å². The van der Waals surface area contributed by atoms with Crippen molar-refractivity contribution in [2.75, 3.05) is 65.4 Å². The minimum atomic E-state index is -1.82. The van der Waals surface area contributed by atoms with E-state index in [4.69, 9.17) is 59.4 Å². The molecule has 6 N–H and O–H groups in total. The number of aliphatic carboxylic acids is 6. The van der Waals surface area contributed by atoms with Crippen LogP contribution in [-0.2, 0) is 38.4 Å². The highest BCUT2D eigenvalue weighted by Gasteiger charge is 2.19. The van der Waals surface area contributed by atoms with E-state index in [0.29, 0.717) is 25.9 Å². The molecule has 4 aliphatic heterocycles. The summed E-state index contributed by atoms with van der Waals surface area (Å²) in [4.78, 5) is 85.6. The van der Waals surface area contributed by atoms with Crippen molar-refractivity contribution in [3.63, 3.8) is 0 Å². The molecule has 0 radical (unpaired) electrons. The summed E-state index contributed by atoms with van der Waals surface area (Å²) in [6, 6.07) is 0. The fourth-order valence-electron chi connectivity index (χ4n) is 4.26. The van der Waals surface area contributed by atoms with Gasteiger partial charge in [-0.25, -0.2) is 28.8 Å². The van der Waals surface area contributed by atoms with Gasteiger partial charge in [0.05, 0.1) is 26.2 Å². The lowest BCUT2D eigenvalue weighted by molar-refractivity contribution is -0.159. The summed E-state index contributed by atoms with van der Waals surface area (Å²) in [5.74, 6) is 2.10. The number of nitrogens with zero attached hydrogens (tertiary/aromatic N) is 4. The van der Waals surface area contributed by atoms with Gasteiger partial charge < -0.3 is 40.4 Å². The SMILES string of the molecule is O=C(O)C(=O)O.O=C(O)C(=O)O.O=C(O)C(=O)O.O=C1CCCN1CC#CCN1CCCC1.O=C1CCCN1CC#CCN1CCCC1. The Bertz CT molecular complexity index is 1100. The lowest BCUT2D eigenvalue weighted by Gasteiger charge is -2.11. The van der Waals surface area contributed by atoms with Crippen molar-refractivity contribution in [3.8, 4) is 23.7 Å². The maximum Gasteiger partial charge on any atom is 0.414 e. The number of carbonyl (C=O) groups excluding carboxylic acids is 2. The molecule has 0 aliphatic carbocycles. The van der Waals surface area contributed by atoms with Crippen LogP contribution in [0.25, 0.3) is 0 Å². The minimum absolute atomic E-state index is 0.269. The van der Waals surface area contributed by atoms with E-state index in [1.807, 2.05) is 9.80 Å². The van der Waals surface area contributed by atoms with Crippen molar-refractivity contribution in [1.29, 1.82) is 0 Å². The van der Waals surface area contributed by atoms with Gasteiger partial charge in [-0.05, 0) is 64.7 Å². The second-order valence-corrected chi connectivity index (χ2v) is 10.3. The summed E-state index contributed by atoms with van der Waals surface area (Å²) in [7, 11) is 0. The van der Waals surface area contributed by atoms with Crippen LogP contribution in [0.1, 0.15) is 51.4 Å². The normalized spacial score (nSPS) is 16.4. The van der Waals surface area contributed by atoms with Crippen molar-refractivity contribution < 1.29 is 69.0 Å². The van der Waals surface area contributed by atoms with Crippen molar-refractivity contribution in [3.05, 3.63) is 0 Å². The Hall–Kier alpha value is -5.20. The van der Waals surface area contributed by atoms with Crippen molar-refractivity contribution in [1.82, 2.24) is 19.6 Å². The zero-order chi connectivity index (χ0) is 36.5. The maximum atomic E-state index is 11.3. The fraction of sp³-hybridized carbons (Fsp3) is 0.600. The summed E-state index contributed by atoms with van der Waals surface area (Å²) in [5, 5.41) is 44.3. The number of hydrogen-bond donors (Lipinski definition) is 6. The molecular formula is C30H42N4O14. The quantitative estimate of drug-likeness (QED) is 0.151. The van der Waals surface area contributed by atoms with E-state index in [2.05, 4.69) is 33.5 Å². The first-order chi connectivity index (χ1) is 22.6. The van der Waals surface area contributed by atoms with Crippen molar-refractivity contribution in [2.24, 2.45) is 0 Å². The number of hydrogen-bond acceptors (Lipinski definition) is 10. The van der Waals surface area contributed by atoms with Gasteiger partial charge in [0.25, 0.3) is 0 Å². The van der Waals surface area contributed by atoms with Crippen LogP contribution >= 0.6 is 0 Å². The molecule has 0 saturated carbocycles. The molecule has 0 spiro atoms. The van der Waals surface area contributed by atoms with E-state index in [1.54, 1.807) is 0 Å². The van der Waals surface area contributed by atoms with E-state index in [1.165, 1.54) is 51.9 Å². The number of carboxylic acid groups (broad SMARTS) is 6. The molecule has 4 aliphatic rings. The topological polar surface area (TPSA) is 271 Å². The Balaban J connectivity index is 0.000000624. The molecule has 0 bridgehead atoms. The van der Waals surface area contributed by atoms with E-state index >= 15 is 0 Å². The first-order valence-electron chi connectivity index (χ1n) is 15.0. The van der Waals surface area contributed by atoms with Gasteiger partial charge in [0, 0.05) is 25.9 Å². The third kappa shape index (κ3) is 21.5. The Morgan fingerprint density at radius 1 is 0.417 bits per heavy atom. The summed E-state index contributed by atoms with van der Waals surface area (Å²) in [5.41, 5.74) is 0. The molecule has 0 aromatic rings. The predicted octanol–water partition coefficient (Wildman–Crippen LogP) is -1.12. The Labute approximate surface area is 276 Å². The molecule has 4 fully saturated rings. The summed E-state index contributed by atoms with van der Waals surface area (Å²) in [6.07, 6.45) is 8.69. The van der Waals surface area contributed by atoms with Crippen molar-refractivity contribution in [2.45, 2.75) is 51.4 Å². The minimum Gasteiger partial charge on any atom is -0.473 e. The van der Waals surface area contributed by atoms with Crippen LogP contribution in [0, 0.1) is 23.7 Å². The van der Waals surface area contributed by atoms with Crippen LogP contribution in [0.3, 0.4) is 0 Å². The van der Waals surface area contributed by atoms with E-state index in [0.717, 1.165) is 39.0 Å².